The molecule has 1 aromatic rings. The van der Waals surface area contributed by atoms with E-state index >= 15 is 0 Å². The highest BCUT2D eigenvalue weighted by Crippen LogP contribution is 2.21. The first-order valence-corrected chi connectivity index (χ1v) is 6.41. The standard InChI is InChI=1S/C13H14ClI/c1-3-10(9-12(14)4-2)11-5-7-13(15)8-6-11/h3,5-9H,4H2,1-2H3/b10-3+,12-9+. The third-order valence-electron chi connectivity index (χ3n) is 2.14. The Morgan fingerprint density at radius 1 is 1.33 bits per heavy atom. The summed E-state index contributed by atoms with van der Waals surface area (Å²) in [5.74, 6) is 0. The van der Waals surface area contributed by atoms with Crippen LogP contribution in [0.25, 0.3) is 5.57 Å². The predicted molar refractivity (Wildman–Crippen MR) is 77.0 cm³/mol. The van der Waals surface area contributed by atoms with E-state index in [1.54, 1.807) is 0 Å². The second-order valence-corrected chi connectivity index (χ2v) is 4.93. The first-order valence-electron chi connectivity index (χ1n) is 4.95. The quantitative estimate of drug-likeness (QED) is 0.525. The Bertz CT molecular complexity index is 374. The van der Waals surface area contributed by atoms with Crippen LogP contribution in [-0.4, -0.2) is 0 Å². The van der Waals surface area contributed by atoms with Crippen molar-refractivity contribution < 1.29 is 0 Å². The SMILES string of the molecule is C/C=C(\C=C(\Cl)CC)c1ccc(I)cc1. The van der Waals surface area contributed by atoms with E-state index in [9.17, 15) is 0 Å². The lowest BCUT2D eigenvalue weighted by molar-refractivity contribution is 1.19. The van der Waals surface area contributed by atoms with Crippen molar-refractivity contribution in [2.45, 2.75) is 20.3 Å². The highest BCUT2D eigenvalue weighted by molar-refractivity contribution is 14.1. The molecule has 0 nitrogen and oxygen atoms in total. The summed E-state index contributed by atoms with van der Waals surface area (Å²) in [5.41, 5.74) is 2.39. The summed E-state index contributed by atoms with van der Waals surface area (Å²) in [6.07, 6.45) is 4.99. The topological polar surface area (TPSA) is 0 Å². The van der Waals surface area contributed by atoms with Crippen LogP contribution in [0, 0.1) is 3.57 Å². The lowest BCUT2D eigenvalue weighted by Crippen LogP contribution is -1.82. The van der Waals surface area contributed by atoms with Crippen molar-refractivity contribution in [3.63, 3.8) is 0 Å². The normalized spacial score (nSPS) is 13.1. The van der Waals surface area contributed by atoms with E-state index in [1.807, 2.05) is 13.0 Å². The molecule has 0 aliphatic heterocycles. The molecule has 0 aromatic heterocycles. The van der Waals surface area contributed by atoms with Crippen molar-refractivity contribution in [3.8, 4) is 0 Å². The zero-order valence-electron chi connectivity index (χ0n) is 8.93. The van der Waals surface area contributed by atoms with E-state index in [0.29, 0.717) is 0 Å². The van der Waals surface area contributed by atoms with Gasteiger partial charge in [-0.25, -0.2) is 0 Å². The summed E-state index contributed by atoms with van der Waals surface area (Å²) in [5, 5.41) is 0.890. The minimum absolute atomic E-state index is 0.878. The molecule has 0 spiro atoms. The van der Waals surface area contributed by atoms with Crippen LogP contribution in [0.2, 0.25) is 0 Å². The largest absolute Gasteiger partial charge is 0.0891 e. The molecule has 0 radical (unpaired) electrons. The molecule has 0 aliphatic carbocycles. The Labute approximate surface area is 110 Å². The van der Waals surface area contributed by atoms with Gasteiger partial charge < -0.3 is 0 Å². The van der Waals surface area contributed by atoms with Crippen LogP contribution in [0.3, 0.4) is 0 Å². The minimum Gasteiger partial charge on any atom is -0.0891 e. The van der Waals surface area contributed by atoms with Crippen molar-refractivity contribution in [2.75, 3.05) is 0 Å². The van der Waals surface area contributed by atoms with E-state index in [0.717, 1.165) is 11.5 Å². The Morgan fingerprint density at radius 3 is 2.40 bits per heavy atom. The van der Waals surface area contributed by atoms with E-state index in [2.05, 4.69) is 59.9 Å². The van der Waals surface area contributed by atoms with Gasteiger partial charge in [0.05, 0.1) is 0 Å². The van der Waals surface area contributed by atoms with E-state index in [-0.39, 0.29) is 0 Å². The zero-order valence-corrected chi connectivity index (χ0v) is 11.8. The fourth-order valence-electron chi connectivity index (χ4n) is 1.25. The van der Waals surface area contributed by atoms with Gasteiger partial charge in [0.1, 0.15) is 0 Å². The molecule has 15 heavy (non-hydrogen) atoms. The predicted octanol–water partition coefficient (Wildman–Crippen LogP) is 5.23. The lowest BCUT2D eigenvalue weighted by atomic mass is 10.1. The van der Waals surface area contributed by atoms with Crippen molar-refractivity contribution in [3.05, 3.63) is 50.6 Å². The van der Waals surface area contributed by atoms with Crippen molar-refractivity contribution in [2.24, 2.45) is 0 Å². The smallest absolute Gasteiger partial charge is 0.0184 e. The average molecular weight is 333 g/mol. The summed E-state index contributed by atoms with van der Waals surface area (Å²) < 4.78 is 1.25. The summed E-state index contributed by atoms with van der Waals surface area (Å²) in [7, 11) is 0. The Kier molecular flexibility index (Phi) is 5.40. The second-order valence-electron chi connectivity index (χ2n) is 3.20. The number of hydrogen-bond donors (Lipinski definition) is 0. The van der Waals surface area contributed by atoms with Crippen LogP contribution >= 0.6 is 34.2 Å². The number of halogens is 2. The van der Waals surface area contributed by atoms with Crippen molar-refractivity contribution in [1.82, 2.24) is 0 Å². The molecule has 2 heteroatoms. The van der Waals surface area contributed by atoms with Crippen LogP contribution < -0.4 is 0 Å². The number of rotatable bonds is 3. The van der Waals surface area contributed by atoms with E-state index in [4.69, 9.17) is 11.6 Å². The maximum absolute atomic E-state index is 6.04. The van der Waals surface area contributed by atoms with Gasteiger partial charge in [0.15, 0.2) is 0 Å². The molecule has 0 unspecified atom stereocenters. The summed E-state index contributed by atoms with van der Waals surface area (Å²) in [6.45, 7) is 4.09. The molecule has 0 aliphatic rings. The van der Waals surface area contributed by atoms with Gasteiger partial charge in [0.25, 0.3) is 0 Å². The fraction of sp³-hybridized carbons (Fsp3) is 0.231. The highest BCUT2D eigenvalue weighted by Gasteiger charge is 1.98. The highest BCUT2D eigenvalue weighted by atomic mass is 127. The fourth-order valence-corrected chi connectivity index (χ4v) is 1.72. The number of benzene rings is 1. The van der Waals surface area contributed by atoms with Gasteiger partial charge in [0.2, 0.25) is 0 Å². The first-order chi connectivity index (χ1) is 7.17. The molecule has 0 heterocycles. The molecule has 1 aromatic carbocycles. The third-order valence-corrected chi connectivity index (χ3v) is 3.23. The molecule has 1 rings (SSSR count). The maximum Gasteiger partial charge on any atom is 0.0184 e. The third kappa shape index (κ3) is 3.99. The molecule has 80 valence electrons. The first kappa shape index (κ1) is 12.8. The second kappa shape index (κ2) is 6.33. The van der Waals surface area contributed by atoms with Crippen LogP contribution in [0.15, 0.2) is 41.4 Å². The molecule has 0 fully saturated rings. The van der Waals surface area contributed by atoms with Crippen LogP contribution in [-0.2, 0) is 0 Å². The molecule has 0 saturated carbocycles. The lowest BCUT2D eigenvalue weighted by Gasteiger charge is -2.03. The molecular formula is C13H14ClI. The van der Waals surface area contributed by atoms with Gasteiger partial charge in [0, 0.05) is 8.60 Å². The number of hydrogen-bond acceptors (Lipinski definition) is 0. The van der Waals surface area contributed by atoms with Crippen molar-refractivity contribution >= 4 is 39.8 Å². The molecule has 0 N–H and O–H groups in total. The molecule has 0 bridgehead atoms. The van der Waals surface area contributed by atoms with Gasteiger partial charge >= 0.3 is 0 Å². The minimum atomic E-state index is 0.878. The molecule has 0 amide bonds. The number of allylic oxidation sites excluding steroid dienone is 4. The molecule has 0 saturated heterocycles. The Balaban J connectivity index is 2.99. The van der Waals surface area contributed by atoms with E-state index in [1.165, 1.54) is 14.7 Å². The summed E-state index contributed by atoms with van der Waals surface area (Å²) in [6, 6.07) is 8.45. The van der Waals surface area contributed by atoms with Gasteiger partial charge in [-0.1, -0.05) is 36.7 Å². The summed E-state index contributed by atoms with van der Waals surface area (Å²) >= 11 is 8.34. The zero-order chi connectivity index (χ0) is 11.3. The monoisotopic (exact) mass is 332 g/mol. The van der Waals surface area contributed by atoms with Gasteiger partial charge in [-0.2, -0.15) is 0 Å². The molecular weight excluding hydrogens is 318 g/mol. The average Bonchev–Trinajstić information content (AvgIpc) is 2.27. The van der Waals surface area contributed by atoms with E-state index < -0.39 is 0 Å². The van der Waals surface area contributed by atoms with Crippen LogP contribution in [0.4, 0.5) is 0 Å². The van der Waals surface area contributed by atoms with Gasteiger partial charge in [-0.05, 0) is 65.3 Å². The van der Waals surface area contributed by atoms with Gasteiger partial charge in [-0.15, -0.1) is 0 Å². The van der Waals surface area contributed by atoms with Crippen LogP contribution in [0.5, 0.6) is 0 Å². The Hall–Kier alpha value is -0.280. The maximum atomic E-state index is 6.04. The Morgan fingerprint density at radius 2 is 1.93 bits per heavy atom. The van der Waals surface area contributed by atoms with Crippen molar-refractivity contribution in [1.29, 1.82) is 0 Å². The van der Waals surface area contributed by atoms with Gasteiger partial charge in [-0.3, -0.25) is 0 Å². The van der Waals surface area contributed by atoms with Crippen LogP contribution in [0.1, 0.15) is 25.8 Å². The summed E-state index contributed by atoms with van der Waals surface area (Å²) in [4.78, 5) is 0. The molecule has 0 atom stereocenters.